The second-order valence-electron chi connectivity index (χ2n) is 9.22. The monoisotopic (exact) mass is 560 g/mol. The minimum absolute atomic E-state index is 0.0130. The van der Waals surface area contributed by atoms with Gasteiger partial charge in [0.05, 0.1) is 6.04 Å². The van der Waals surface area contributed by atoms with E-state index >= 15 is 0 Å². The number of aldehydes is 1. The van der Waals surface area contributed by atoms with E-state index in [1.807, 2.05) is 7.05 Å². The molecule has 1 saturated heterocycles. The Labute approximate surface area is 228 Å². The number of hydrogen-bond donors (Lipinski definition) is 3. The Kier molecular flexibility index (Phi) is 18.1. The Hall–Kier alpha value is -2.01. The van der Waals surface area contributed by atoms with Crippen molar-refractivity contribution in [2.75, 3.05) is 26.7 Å². The van der Waals surface area contributed by atoms with Gasteiger partial charge in [0, 0.05) is 30.5 Å². The molecule has 2 amide bonds. The Morgan fingerprint density at radius 2 is 1.78 bits per heavy atom. The lowest BCUT2D eigenvalue weighted by Gasteiger charge is -2.22. The van der Waals surface area contributed by atoms with Crippen LogP contribution < -0.4 is 15.4 Å². The number of nitrogens with zero attached hydrogens (tertiary/aromatic N) is 1. The maximum absolute atomic E-state index is 11.8. The van der Waals surface area contributed by atoms with Crippen molar-refractivity contribution < 1.29 is 22.8 Å². The molecule has 0 aromatic heterocycles. The molecule has 0 spiro atoms. The molecule has 0 bridgehead atoms. The summed E-state index contributed by atoms with van der Waals surface area (Å²) in [7, 11) is -1.62. The number of sulfonamides is 1. The molecule has 9 nitrogen and oxygen atoms in total. The fourth-order valence-electron chi connectivity index (χ4n) is 3.18. The smallest absolute Gasteiger partial charge is 0.242 e. The van der Waals surface area contributed by atoms with E-state index in [4.69, 9.17) is 11.6 Å². The molecule has 0 aromatic rings. The summed E-state index contributed by atoms with van der Waals surface area (Å²) in [5.74, 6) is 0.745. The van der Waals surface area contributed by atoms with Gasteiger partial charge in [0.2, 0.25) is 21.8 Å². The third-order valence-electron chi connectivity index (χ3n) is 5.36. The zero-order chi connectivity index (χ0) is 28.4. The molecule has 212 valence electrons. The molecule has 2 aliphatic rings. The minimum atomic E-state index is -3.58. The van der Waals surface area contributed by atoms with Gasteiger partial charge in [-0.2, -0.15) is 0 Å². The molecule has 3 N–H and O–H groups in total. The molecule has 0 radical (unpaired) electrons. The number of nitrogens with one attached hydrogen (secondary N) is 3. The molecule has 1 heterocycles. The first-order valence-corrected chi connectivity index (χ1v) is 14.6. The highest BCUT2D eigenvalue weighted by molar-refractivity contribution is 7.92. The molecule has 37 heavy (non-hydrogen) atoms. The lowest BCUT2D eigenvalue weighted by Crippen LogP contribution is -2.45. The predicted octanol–water partition coefficient (Wildman–Crippen LogP) is 3.24. The number of carbonyl (C=O) groups excluding carboxylic acids is 3. The average molecular weight is 561 g/mol. The van der Waals surface area contributed by atoms with E-state index in [-0.39, 0.29) is 17.9 Å². The molecule has 1 aliphatic heterocycles. The molecule has 0 aromatic carbocycles. The summed E-state index contributed by atoms with van der Waals surface area (Å²) in [5.41, 5.74) is 0.731. The van der Waals surface area contributed by atoms with Crippen molar-refractivity contribution in [3.63, 3.8) is 0 Å². The number of halogens is 1. The van der Waals surface area contributed by atoms with Gasteiger partial charge in [-0.25, -0.2) is 13.1 Å². The lowest BCUT2D eigenvalue weighted by atomic mass is 10.2. The standard InChI is InChI=1S/C11H16ClNO3S.C11H18N2O2.C4H11N/c1-9(4-5-10(2)12)6-7-17(15,16)13-11(3)8-14;1-8(14)13-6-2-3-10(13)11(15)12-7-9-4-5-9;1-3-4-5-2/h4-8,11,13H,1-3H3;9-10H,2-7H2,1H3,(H,12,15);5H,3-4H2,1-2H3/b7-6+,9-4+,10-5+;;/t11-;10-;/m01./s1. The van der Waals surface area contributed by atoms with E-state index in [1.165, 1.54) is 39.2 Å². The summed E-state index contributed by atoms with van der Waals surface area (Å²) in [6, 6.07) is -0.944. The van der Waals surface area contributed by atoms with E-state index in [0.29, 0.717) is 17.2 Å². The molecular weight excluding hydrogens is 516 g/mol. The second-order valence-corrected chi connectivity index (χ2v) is 11.4. The van der Waals surface area contributed by atoms with E-state index in [1.54, 1.807) is 30.9 Å². The van der Waals surface area contributed by atoms with Crippen LogP contribution in [0.5, 0.6) is 0 Å². The van der Waals surface area contributed by atoms with Crippen molar-refractivity contribution in [3.8, 4) is 0 Å². The minimum Gasteiger partial charge on any atom is -0.354 e. The van der Waals surface area contributed by atoms with Crippen molar-refractivity contribution in [2.24, 2.45) is 5.92 Å². The summed E-state index contributed by atoms with van der Waals surface area (Å²) in [6.45, 7) is 11.3. The van der Waals surface area contributed by atoms with Gasteiger partial charge in [0.25, 0.3) is 0 Å². The van der Waals surface area contributed by atoms with E-state index in [0.717, 1.165) is 43.5 Å². The summed E-state index contributed by atoms with van der Waals surface area (Å²) in [5, 5.41) is 7.57. The van der Waals surface area contributed by atoms with Gasteiger partial charge in [-0.3, -0.25) is 9.59 Å². The third-order valence-corrected chi connectivity index (χ3v) is 6.68. The summed E-state index contributed by atoms with van der Waals surface area (Å²) < 4.78 is 25.0. The predicted molar refractivity (Wildman–Crippen MR) is 150 cm³/mol. The van der Waals surface area contributed by atoms with Crippen molar-refractivity contribution in [1.82, 2.24) is 20.3 Å². The first-order valence-electron chi connectivity index (χ1n) is 12.7. The van der Waals surface area contributed by atoms with Gasteiger partial charge in [-0.1, -0.05) is 30.2 Å². The Balaban J connectivity index is 0.000000595. The van der Waals surface area contributed by atoms with Crippen LogP contribution in [0.3, 0.4) is 0 Å². The molecule has 11 heteroatoms. The van der Waals surface area contributed by atoms with E-state index in [9.17, 15) is 22.8 Å². The van der Waals surface area contributed by atoms with Crippen LogP contribution in [0.4, 0.5) is 0 Å². The number of rotatable bonds is 11. The topological polar surface area (TPSA) is 125 Å². The van der Waals surface area contributed by atoms with E-state index < -0.39 is 16.1 Å². The Morgan fingerprint density at radius 3 is 2.24 bits per heavy atom. The van der Waals surface area contributed by atoms with Gasteiger partial charge in [0.1, 0.15) is 12.3 Å². The highest BCUT2D eigenvalue weighted by atomic mass is 35.5. The highest BCUT2D eigenvalue weighted by Crippen LogP contribution is 2.27. The number of likely N-dealkylation sites (tertiary alicyclic amines) is 1. The van der Waals surface area contributed by atoms with Gasteiger partial charge in [-0.05, 0) is 84.5 Å². The van der Waals surface area contributed by atoms with Crippen LogP contribution in [0.15, 0.2) is 34.2 Å². The number of carbonyl (C=O) groups is 3. The van der Waals surface area contributed by atoms with Crippen molar-refractivity contribution >= 4 is 39.7 Å². The molecule has 2 rings (SSSR count). The van der Waals surface area contributed by atoms with Gasteiger partial charge >= 0.3 is 0 Å². The van der Waals surface area contributed by atoms with Crippen LogP contribution in [-0.2, 0) is 24.4 Å². The fraction of sp³-hybridized carbons (Fsp3) is 0.654. The first-order chi connectivity index (χ1) is 17.4. The SMILES string of the molecule is CC(=O)N1CCC[C@@H]1C(=O)NCC1CC1.CCCNC.C\C(Cl)=C/C=C(C)/C=C/S(=O)(=O)N[C@@H](C)C=O. The van der Waals surface area contributed by atoms with Crippen LogP contribution in [-0.4, -0.2) is 70.2 Å². The zero-order valence-electron chi connectivity index (χ0n) is 23.1. The van der Waals surface area contributed by atoms with E-state index in [2.05, 4.69) is 22.3 Å². The largest absolute Gasteiger partial charge is 0.354 e. The summed E-state index contributed by atoms with van der Waals surface area (Å²) in [4.78, 5) is 35.0. The van der Waals surface area contributed by atoms with Crippen LogP contribution in [0.1, 0.15) is 66.7 Å². The molecule has 2 fully saturated rings. The third kappa shape index (κ3) is 18.0. The number of amides is 2. The molecule has 1 saturated carbocycles. The molecule has 1 aliphatic carbocycles. The quantitative estimate of drug-likeness (QED) is 0.263. The number of hydrogen-bond acceptors (Lipinski definition) is 6. The highest BCUT2D eigenvalue weighted by Gasteiger charge is 2.33. The Bertz CT molecular complexity index is 908. The Morgan fingerprint density at radius 1 is 1.14 bits per heavy atom. The zero-order valence-corrected chi connectivity index (χ0v) is 24.6. The van der Waals surface area contributed by atoms with Crippen molar-refractivity contribution in [1.29, 1.82) is 0 Å². The molecule has 0 unspecified atom stereocenters. The summed E-state index contributed by atoms with van der Waals surface area (Å²) in [6.07, 6.45) is 10.8. The molecule has 2 atom stereocenters. The van der Waals surface area contributed by atoms with Crippen LogP contribution >= 0.6 is 11.6 Å². The lowest BCUT2D eigenvalue weighted by molar-refractivity contribution is -0.136. The fourth-order valence-corrected chi connectivity index (χ4v) is 4.28. The maximum Gasteiger partial charge on any atom is 0.242 e. The average Bonchev–Trinajstić information content (AvgIpc) is 3.53. The summed E-state index contributed by atoms with van der Waals surface area (Å²) >= 11 is 5.62. The maximum atomic E-state index is 11.8. The van der Waals surface area contributed by atoms with Crippen molar-refractivity contribution in [3.05, 3.63) is 34.2 Å². The normalized spacial score (nSPS) is 18.9. The van der Waals surface area contributed by atoms with Crippen molar-refractivity contribution in [2.45, 2.75) is 78.8 Å². The van der Waals surface area contributed by atoms with Crippen LogP contribution in [0.2, 0.25) is 0 Å². The van der Waals surface area contributed by atoms with Gasteiger partial charge in [0.15, 0.2) is 0 Å². The molecular formula is C26H45ClN4O5S. The first kappa shape index (κ1) is 35.0. The number of allylic oxidation sites excluding steroid dienone is 5. The van der Waals surface area contributed by atoms with Crippen LogP contribution in [0.25, 0.3) is 0 Å². The van der Waals surface area contributed by atoms with Crippen LogP contribution in [0, 0.1) is 5.92 Å². The van der Waals surface area contributed by atoms with Gasteiger partial charge < -0.3 is 20.3 Å². The van der Waals surface area contributed by atoms with Gasteiger partial charge in [-0.15, -0.1) is 0 Å². The second kappa shape index (κ2) is 19.1.